The van der Waals surface area contributed by atoms with Gasteiger partial charge in [-0.25, -0.2) is 0 Å². The molecule has 0 fully saturated rings. The summed E-state index contributed by atoms with van der Waals surface area (Å²) >= 11 is 3.38. The van der Waals surface area contributed by atoms with Crippen LogP contribution in [0.3, 0.4) is 0 Å². The van der Waals surface area contributed by atoms with Crippen LogP contribution in [0.5, 0.6) is 5.75 Å². The van der Waals surface area contributed by atoms with Crippen LogP contribution in [0, 0.1) is 0 Å². The zero-order valence-corrected chi connectivity index (χ0v) is 11.6. The molecule has 5 heteroatoms. The fourth-order valence-electron chi connectivity index (χ4n) is 1.44. The summed E-state index contributed by atoms with van der Waals surface area (Å²) in [5.74, 6) is 0.685. The number of rotatable bonds is 6. The minimum absolute atomic E-state index is 0.113. The topological polar surface area (TPSA) is 64.7 Å². The Morgan fingerprint density at radius 2 is 2.12 bits per heavy atom. The number of ether oxygens (including phenoxy) is 2. The van der Waals surface area contributed by atoms with Crippen LogP contribution in [-0.4, -0.2) is 31.5 Å². The second kappa shape index (κ2) is 6.96. The number of aliphatic hydroxyl groups excluding tert-OH is 1. The van der Waals surface area contributed by atoms with Gasteiger partial charge in [-0.1, -0.05) is 22.0 Å². The van der Waals surface area contributed by atoms with Gasteiger partial charge in [-0.15, -0.1) is 0 Å². The zero-order chi connectivity index (χ0) is 12.8. The number of halogens is 1. The van der Waals surface area contributed by atoms with E-state index in [9.17, 15) is 5.11 Å². The number of benzene rings is 1. The lowest BCUT2D eigenvalue weighted by atomic mass is 10.1. The molecular formula is C12H18BrNO3. The van der Waals surface area contributed by atoms with Crippen molar-refractivity contribution in [1.29, 1.82) is 0 Å². The van der Waals surface area contributed by atoms with Crippen LogP contribution >= 0.6 is 15.9 Å². The van der Waals surface area contributed by atoms with Crippen molar-refractivity contribution in [2.45, 2.75) is 19.1 Å². The van der Waals surface area contributed by atoms with Crippen molar-refractivity contribution >= 4 is 15.9 Å². The first-order valence-corrected chi connectivity index (χ1v) is 6.18. The lowest BCUT2D eigenvalue weighted by Gasteiger charge is -2.16. The summed E-state index contributed by atoms with van der Waals surface area (Å²) in [6.45, 7) is 2.33. The smallest absolute Gasteiger partial charge is 0.125 e. The second-order valence-corrected chi connectivity index (χ2v) is 4.81. The highest BCUT2D eigenvalue weighted by atomic mass is 79.9. The molecule has 2 atom stereocenters. The van der Waals surface area contributed by atoms with Crippen LogP contribution in [0.4, 0.5) is 0 Å². The molecule has 0 amide bonds. The Balaban J connectivity index is 2.71. The maximum absolute atomic E-state index is 9.52. The van der Waals surface area contributed by atoms with E-state index in [0.29, 0.717) is 5.75 Å². The predicted octanol–water partition coefficient (Wildman–Crippen LogP) is 1.85. The van der Waals surface area contributed by atoms with Gasteiger partial charge in [0.15, 0.2) is 0 Å². The third-order valence-corrected chi connectivity index (χ3v) is 2.75. The number of aliphatic hydroxyl groups is 1. The van der Waals surface area contributed by atoms with Crippen molar-refractivity contribution < 1.29 is 14.6 Å². The number of hydrogen-bond donors (Lipinski definition) is 2. The van der Waals surface area contributed by atoms with E-state index in [2.05, 4.69) is 15.9 Å². The zero-order valence-electron chi connectivity index (χ0n) is 10.0. The van der Waals surface area contributed by atoms with Gasteiger partial charge in [0.2, 0.25) is 0 Å². The summed E-state index contributed by atoms with van der Waals surface area (Å²) in [6, 6.07) is 5.56. The second-order valence-electron chi connectivity index (χ2n) is 3.89. The summed E-state index contributed by atoms with van der Waals surface area (Å²) in [6.07, 6.45) is -0.639. The van der Waals surface area contributed by atoms with Gasteiger partial charge in [-0.05, 0) is 19.1 Å². The van der Waals surface area contributed by atoms with Gasteiger partial charge in [0.25, 0.3) is 0 Å². The average molecular weight is 304 g/mol. The molecule has 0 aliphatic carbocycles. The lowest BCUT2D eigenvalue weighted by Crippen LogP contribution is -2.23. The highest BCUT2D eigenvalue weighted by Gasteiger charge is 2.11. The van der Waals surface area contributed by atoms with Crippen molar-refractivity contribution in [3.05, 3.63) is 28.2 Å². The standard InChI is InChI=1S/C12H18BrNO3/c1-8(14)11-4-3-9(13)5-12(11)17-7-10(15)6-16-2/h3-5,8,10,15H,6-7,14H2,1-2H3. The molecule has 0 aromatic heterocycles. The quantitative estimate of drug-likeness (QED) is 0.842. The average Bonchev–Trinajstić information content (AvgIpc) is 2.26. The maximum Gasteiger partial charge on any atom is 0.125 e. The first-order chi connectivity index (χ1) is 8.04. The summed E-state index contributed by atoms with van der Waals surface area (Å²) in [5, 5.41) is 9.52. The SMILES string of the molecule is COCC(O)COc1cc(Br)ccc1C(C)N. The van der Waals surface area contributed by atoms with Crippen molar-refractivity contribution in [3.63, 3.8) is 0 Å². The molecule has 0 aliphatic heterocycles. The van der Waals surface area contributed by atoms with E-state index in [1.165, 1.54) is 7.11 Å². The molecule has 4 nitrogen and oxygen atoms in total. The van der Waals surface area contributed by atoms with E-state index in [1.54, 1.807) is 0 Å². The Morgan fingerprint density at radius 3 is 2.71 bits per heavy atom. The Bertz CT molecular complexity index is 358. The van der Waals surface area contributed by atoms with Crippen molar-refractivity contribution in [2.24, 2.45) is 5.73 Å². The van der Waals surface area contributed by atoms with Gasteiger partial charge in [0.1, 0.15) is 18.5 Å². The summed E-state index contributed by atoms with van der Waals surface area (Å²) < 4.78 is 11.3. The highest BCUT2D eigenvalue weighted by molar-refractivity contribution is 9.10. The first-order valence-electron chi connectivity index (χ1n) is 5.39. The maximum atomic E-state index is 9.52. The third-order valence-electron chi connectivity index (χ3n) is 2.26. The van der Waals surface area contributed by atoms with Crippen LogP contribution in [-0.2, 0) is 4.74 Å². The molecule has 1 aromatic rings. The molecule has 0 heterocycles. The molecule has 0 bridgehead atoms. The molecule has 3 N–H and O–H groups in total. The fraction of sp³-hybridized carbons (Fsp3) is 0.500. The minimum Gasteiger partial charge on any atom is -0.490 e. The summed E-state index contributed by atoms with van der Waals surface area (Å²) in [5.41, 5.74) is 6.76. The van der Waals surface area contributed by atoms with E-state index in [4.69, 9.17) is 15.2 Å². The Morgan fingerprint density at radius 1 is 1.41 bits per heavy atom. The van der Waals surface area contributed by atoms with E-state index in [0.717, 1.165) is 10.0 Å². The molecule has 0 radical (unpaired) electrons. The third kappa shape index (κ3) is 4.63. The van der Waals surface area contributed by atoms with E-state index in [1.807, 2.05) is 25.1 Å². The predicted molar refractivity (Wildman–Crippen MR) is 70.1 cm³/mol. The van der Waals surface area contributed by atoms with Gasteiger partial charge in [-0.2, -0.15) is 0 Å². The van der Waals surface area contributed by atoms with Crippen LogP contribution in [0.2, 0.25) is 0 Å². The van der Waals surface area contributed by atoms with Crippen molar-refractivity contribution in [2.75, 3.05) is 20.3 Å². The Hall–Kier alpha value is -0.620. The molecule has 0 saturated carbocycles. The molecule has 96 valence electrons. The Labute approximate surface area is 110 Å². The van der Waals surface area contributed by atoms with Crippen molar-refractivity contribution in [3.8, 4) is 5.75 Å². The highest BCUT2D eigenvalue weighted by Crippen LogP contribution is 2.27. The molecule has 1 rings (SSSR count). The van der Waals surface area contributed by atoms with E-state index >= 15 is 0 Å². The van der Waals surface area contributed by atoms with E-state index in [-0.39, 0.29) is 19.3 Å². The normalized spacial score (nSPS) is 14.4. The summed E-state index contributed by atoms with van der Waals surface area (Å²) in [7, 11) is 1.54. The number of hydrogen-bond acceptors (Lipinski definition) is 4. The molecule has 0 aliphatic rings. The molecule has 0 spiro atoms. The van der Waals surface area contributed by atoms with Crippen LogP contribution in [0.25, 0.3) is 0 Å². The molecule has 0 saturated heterocycles. The molecule has 2 unspecified atom stereocenters. The largest absolute Gasteiger partial charge is 0.490 e. The summed E-state index contributed by atoms with van der Waals surface area (Å²) in [4.78, 5) is 0. The first kappa shape index (κ1) is 14.4. The molecular weight excluding hydrogens is 286 g/mol. The number of nitrogens with two attached hydrogens (primary N) is 1. The fourth-order valence-corrected chi connectivity index (χ4v) is 1.78. The van der Waals surface area contributed by atoms with E-state index < -0.39 is 6.10 Å². The van der Waals surface area contributed by atoms with Crippen LogP contribution in [0.1, 0.15) is 18.5 Å². The van der Waals surface area contributed by atoms with Gasteiger partial charge in [-0.3, -0.25) is 0 Å². The van der Waals surface area contributed by atoms with Gasteiger partial charge in [0, 0.05) is 23.2 Å². The van der Waals surface area contributed by atoms with Gasteiger partial charge in [0.05, 0.1) is 6.61 Å². The minimum atomic E-state index is -0.639. The van der Waals surface area contributed by atoms with Crippen molar-refractivity contribution in [1.82, 2.24) is 0 Å². The van der Waals surface area contributed by atoms with Gasteiger partial charge >= 0.3 is 0 Å². The van der Waals surface area contributed by atoms with Gasteiger partial charge < -0.3 is 20.3 Å². The van der Waals surface area contributed by atoms with Crippen LogP contribution < -0.4 is 10.5 Å². The molecule has 17 heavy (non-hydrogen) atoms. The lowest BCUT2D eigenvalue weighted by molar-refractivity contribution is 0.0322. The van der Waals surface area contributed by atoms with Crippen LogP contribution in [0.15, 0.2) is 22.7 Å². The Kier molecular flexibility index (Phi) is 5.91. The number of methoxy groups -OCH3 is 1. The monoisotopic (exact) mass is 303 g/mol. The molecule has 1 aromatic carbocycles.